The van der Waals surface area contributed by atoms with Gasteiger partial charge in [-0.1, -0.05) is 0 Å². The van der Waals surface area contributed by atoms with Crippen LogP contribution in [-0.4, -0.2) is 12.6 Å². The predicted octanol–water partition coefficient (Wildman–Crippen LogP) is 2.08. The van der Waals surface area contributed by atoms with E-state index in [1.165, 1.54) is 0 Å². The highest BCUT2D eigenvalue weighted by Gasteiger charge is 2.20. The first-order valence-electron chi connectivity index (χ1n) is 4.88. The van der Waals surface area contributed by atoms with Crippen LogP contribution in [-0.2, 0) is 0 Å². The molecule has 1 aromatic rings. The monoisotopic (exact) mass is 192 g/mol. The van der Waals surface area contributed by atoms with Gasteiger partial charge >= 0.3 is 0 Å². The summed E-state index contributed by atoms with van der Waals surface area (Å²) in [6.45, 7) is 6.85. The topological polar surface area (TPSA) is 47.3 Å². The van der Waals surface area contributed by atoms with E-state index in [2.05, 4.69) is 12.2 Å². The predicted molar refractivity (Wildman–Crippen MR) is 58.9 cm³/mol. The summed E-state index contributed by atoms with van der Waals surface area (Å²) < 4.78 is 5.68. The van der Waals surface area contributed by atoms with E-state index in [1.54, 1.807) is 0 Å². The largest absolute Gasteiger partial charge is 0.489 e. The summed E-state index contributed by atoms with van der Waals surface area (Å²) in [5, 5.41) is 3.40. The van der Waals surface area contributed by atoms with Crippen LogP contribution in [0.15, 0.2) is 6.07 Å². The zero-order chi connectivity index (χ0) is 10.3. The first-order chi connectivity index (χ1) is 6.59. The highest BCUT2D eigenvalue weighted by Crippen LogP contribution is 2.38. The normalized spacial score (nSPS) is 19.5. The fraction of sp³-hybridized carbons (Fsp3) is 0.455. The molecular formula is C11H16N2O. The average Bonchev–Trinajstić information content (AvgIpc) is 2.14. The number of hydrogen-bond acceptors (Lipinski definition) is 3. The Bertz CT molecular complexity index is 374. The van der Waals surface area contributed by atoms with Crippen molar-refractivity contribution in [3.8, 4) is 5.75 Å². The van der Waals surface area contributed by atoms with Crippen LogP contribution in [0.3, 0.4) is 0 Å². The van der Waals surface area contributed by atoms with Crippen molar-refractivity contribution in [1.29, 1.82) is 0 Å². The van der Waals surface area contributed by atoms with Gasteiger partial charge in [0.15, 0.2) is 0 Å². The number of nitrogen functional groups attached to an aromatic ring is 1. The summed E-state index contributed by atoms with van der Waals surface area (Å²) in [5.41, 5.74) is 9.96. The van der Waals surface area contributed by atoms with Crippen LogP contribution in [0.4, 0.5) is 11.4 Å². The van der Waals surface area contributed by atoms with Crippen LogP contribution in [0.25, 0.3) is 0 Å². The number of nitrogens with two attached hydrogens (primary N) is 1. The van der Waals surface area contributed by atoms with Crippen molar-refractivity contribution >= 4 is 11.4 Å². The van der Waals surface area contributed by atoms with Gasteiger partial charge in [0.2, 0.25) is 0 Å². The Morgan fingerprint density at radius 3 is 2.93 bits per heavy atom. The van der Waals surface area contributed by atoms with Crippen LogP contribution >= 0.6 is 0 Å². The molecule has 0 bridgehead atoms. The summed E-state index contributed by atoms with van der Waals surface area (Å²) in [4.78, 5) is 0. The lowest BCUT2D eigenvalue weighted by atomic mass is 10.0. The molecule has 1 unspecified atom stereocenters. The van der Waals surface area contributed by atoms with Crippen LogP contribution in [0.2, 0.25) is 0 Å². The van der Waals surface area contributed by atoms with Crippen LogP contribution in [0.1, 0.15) is 18.1 Å². The van der Waals surface area contributed by atoms with Gasteiger partial charge in [0.25, 0.3) is 0 Å². The number of anilines is 2. The van der Waals surface area contributed by atoms with E-state index in [0.717, 1.165) is 34.9 Å². The molecule has 0 saturated carbocycles. The Hall–Kier alpha value is -1.38. The molecule has 1 heterocycles. The fourth-order valence-electron chi connectivity index (χ4n) is 1.78. The first kappa shape index (κ1) is 9.19. The van der Waals surface area contributed by atoms with E-state index < -0.39 is 0 Å². The van der Waals surface area contributed by atoms with Gasteiger partial charge in [0.1, 0.15) is 12.4 Å². The second-order valence-corrected chi connectivity index (χ2v) is 3.97. The summed E-state index contributed by atoms with van der Waals surface area (Å²) in [6, 6.07) is 2.31. The molecule has 0 amide bonds. The van der Waals surface area contributed by atoms with Crippen LogP contribution in [0, 0.1) is 13.8 Å². The highest BCUT2D eigenvalue weighted by molar-refractivity contribution is 5.74. The molecule has 14 heavy (non-hydrogen) atoms. The number of benzene rings is 1. The number of aryl methyl sites for hydroxylation is 1. The SMILES string of the molecule is Cc1cc(N)c(C)c2c1OCC(C)N2. The number of hydrogen-bond donors (Lipinski definition) is 2. The fourth-order valence-corrected chi connectivity index (χ4v) is 1.78. The number of fused-ring (bicyclic) bond motifs is 1. The number of ether oxygens (including phenoxy) is 1. The van der Waals surface area contributed by atoms with Gasteiger partial charge < -0.3 is 15.8 Å². The molecular weight excluding hydrogens is 176 g/mol. The van der Waals surface area contributed by atoms with Crippen molar-refractivity contribution in [3.05, 3.63) is 17.2 Å². The molecule has 0 radical (unpaired) electrons. The maximum absolute atomic E-state index is 5.89. The average molecular weight is 192 g/mol. The second kappa shape index (κ2) is 3.08. The van der Waals surface area contributed by atoms with Crippen molar-refractivity contribution in [2.45, 2.75) is 26.8 Å². The molecule has 1 aromatic carbocycles. The van der Waals surface area contributed by atoms with Gasteiger partial charge in [-0.15, -0.1) is 0 Å². The minimum Gasteiger partial charge on any atom is -0.489 e. The molecule has 0 spiro atoms. The Morgan fingerprint density at radius 1 is 1.50 bits per heavy atom. The number of nitrogens with one attached hydrogen (secondary N) is 1. The molecule has 3 N–H and O–H groups in total. The minimum absolute atomic E-state index is 0.349. The molecule has 0 aliphatic carbocycles. The van der Waals surface area contributed by atoms with Gasteiger partial charge in [-0.2, -0.15) is 0 Å². The van der Waals surface area contributed by atoms with E-state index in [1.807, 2.05) is 19.9 Å². The quantitative estimate of drug-likeness (QED) is 0.619. The maximum Gasteiger partial charge on any atom is 0.145 e. The molecule has 1 aliphatic rings. The van der Waals surface area contributed by atoms with E-state index >= 15 is 0 Å². The van der Waals surface area contributed by atoms with Crippen molar-refractivity contribution < 1.29 is 4.74 Å². The summed E-state index contributed by atoms with van der Waals surface area (Å²) in [5.74, 6) is 0.954. The minimum atomic E-state index is 0.349. The van der Waals surface area contributed by atoms with Crippen molar-refractivity contribution in [1.82, 2.24) is 0 Å². The van der Waals surface area contributed by atoms with E-state index in [-0.39, 0.29) is 0 Å². The lowest BCUT2D eigenvalue weighted by Crippen LogP contribution is -2.29. The Balaban J connectivity index is 2.57. The van der Waals surface area contributed by atoms with E-state index in [4.69, 9.17) is 10.5 Å². The van der Waals surface area contributed by atoms with E-state index in [9.17, 15) is 0 Å². The summed E-state index contributed by atoms with van der Waals surface area (Å²) >= 11 is 0. The highest BCUT2D eigenvalue weighted by atomic mass is 16.5. The third-order valence-corrected chi connectivity index (χ3v) is 2.63. The van der Waals surface area contributed by atoms with Crippen molar-refractivity contribution in [3.63, 3.8) is 0 Å². The van der Waals surface area contributed by atoms with Gasteiger partial charge in [0.05, 0.1) is 11.7 Å². The third kappa shape index (κ3) is 1.29. The van der Waals surface area contributed by atoms with Crippen LogP contribution in [0.5, 0.6) is 5.75 Å². The molecule has 3 heteroatoms. The molecule has 2 rings (SSSR count). The lowest BCUT2D eigenvalue weighted by molar-refractivity contribution is 0.289. The Kier molecular flexibility index (Phi) is 2.02. The smallest absolute Gasteiger partial charge is 0.145 e. The third-order valence-electron chi connectivity index (χ3n) is 2.63. The van der Waals surface area contributed by atoms with Crippen LogP contribution < -0.4 is 15.8 Å². The van der Waals surface area contributed by atoms with Gasteiger partial charge in [0, 0.05) is 5.69 Å². The Labute approximate surface area is 84.3 Å². The summed E-state index contributed by atoms with van der Waals surface area (Å²) in [7, 11) is 0. The Morgan fingerprint density at radius 2 is 2.21 bits per heavy atom. The standard InChI is InChI=1S/C11H16N2O/c1-6-4-9(12)8(3)10-11(6)14-5-7(2)13-10/h4,7,13H,5,12H2,1-3H3. The molecule has 0 aromatic heterocycles. The van der Waals surface area contributed by atoms with Crippen molar-refractivity contribution in [2.24, 2.45) is 0 Å². The first-order valence-corrected chi connectivity index (χ1v) is 4.88. The zero-order valence-electron chi connectivity index (χ0n) is 8.85. The molecule has 3 nitrogen and oxygen atoms in total. The summed E-state index contributed by atoms with van der Waals surface area (Å²) in [6.07, 6.45) is 0. The maximum atomic E-state index is 5.89. The van der Waals surface area contributed by atoms with E-state index in [0.29, 0.717) is 6.04 Å². The molecule has 76 valence electrons. The van der Waals surface area contributed by atoms with Gasteiger partial charge in [-0.3, -0.25) is 0 Å². The molecule has 1 aliphatic heterocycles. The molecule has 0 saturated heterocycles. The molecule has 0 fully saturated rings. The number of rotatable bonds is 0. The lowest BCUT2D eigenvalue weighted by Gasteiger charge is -2.28. The second-order valence-electron chi connectivity index (χ2n) is 3.97. The van der Waals surface area contributed by atoms with Gasteiger partial charge in [-0.25, -0.2) is 0 Å². The molecule has 1 atom stereocenters. The van der Waals surface area contributed by atoms with Crippen molar-refractivity contribution in [2.75, 3.05) is 17.7 Å². The zero-order valence-corrected chi connectivity index (χ0v) is 8.85. The van der Waals surface area contributed by atoms with Gasteiger partial charge in [-0.05, 0) is 38.0 Å².